The summed E-state index contributed by atoms with van der Waals surface area (Å²) in [6.45, 7) is 5.64. The van der Waals surface area contributed by atoms with E-state index < -0.39 is 0 Å². The van der Waals surface area contributed by atoms with Gasteiger partial charge in [-0.25, -0.2) is 4.98 Å². The molecule has 1 saturated heterocycles. The minimum absolute atomic E-state index is 0.0869. The Labute approximate surface area is 142 Å². The van der Waals surface area contributed by atoms with Crippen LogP contribution in [0.2, 0.25) is 0 Å². The molecule has 2 N–H and O–H groups in total. The van der Waals surface area contributed by atoms with E-state index in [4.69, 9.17) is 0 Å². The molecule has 1 aromatic heterocycles. The molecule has 1 aliphatic heterocycles. The van der Waals surface area contributed by atoms with Crippen LogP contribution < -0.4 is 5.32 Å². The smallest absolute Gasteiger partial charge is 0.271 e. The second-order valence-corrected chi connectivity index (χ2v) is 6.31. The van der Waals surface area contributed by atoms with Gasteiger partial charge in [-0.05, 0) is 31.4 Å². The molecular formula is C19H24N4O. The fraction of sp³-hybridized carbons (Fsp3) is 0.368. The summed E-state index contributed by atoms with van der Waals surface area (Å²) in [5.41, 5.74) is 2.54. The summed E-state index contributed by atoms with van der Waals surface area (Å²) in [5, 5.41) is 3.00. The predicted molar refractivity (Wildman–Crippen MR) is 95.7 cm³/mol. The fourth-order valence-electron chi connectivity index (χ4n) is 3.06. The molecule has 24 heavy (non-hydrogen) atoms. The topological polar surface area (TPSA) is 61.0 Å². The number of aromatic amines is 1. The SMILES string of the molecule is Cc1[nH]cnc1C(=O)NCC1CCN(C/C=C/c2ccccc2)C1. The van der Waals surface area contributed by atoms with Crippen molar-refractivity contribution >= 4 is 12.0 Å². The van der Waals surface area contributed by atoms with Crippen LogP contribution >= 0.6 is 0 Å². The molecule has 0 saturated carbocycles. The molecule has 126 valence electrons. The van der Waals surface area contributed by atoms with Crippen LogP contribution in [0.15, 0.2) is 42.7 Å². The number of carbonyl (C=O) groups is 1. The molecule has 5 nitrogen and oxygen atoms in total. The van der Waals surface area contributed by atoms with Gasteiger partial charge in [-0.3, -0.25) is 9.69 Å². The van der Waals surface area contributed by atoms with E-state index in [1.165, 1.54) is 5.56 Å². The lowest BCUT2D eigenvalue weighted by atomic mass is 10.1. The van der Waals surface area contributed by atoms with Crippen LogP contribution in [0.5, 0.6) is 0 Å². The third-order valence-corrected chi connectivity index (χ3v) is 4.44. The zero-order valence-corrected chi connectivity index (χ0v) is 14.0. The van der Waals surface area contributed by atoms with Gasteiger partial charge >= 0.3 is 0 Å². The van der Waals surface area contributed by atoms with Gasteiger partial charge in [0.2, 0.25) is 0 Å². The number of benzene rings is 1. The van der Waals surface area contributed by atoms with Gasteiger partial charge in [0, 0.05) is 25.3 Å². The monoisotopic (exact) mass is 324 g/mol. The van der Waals surface area contributed by atoms with Gasteiger partial charge in [0.1, 0.15) is 5.69 Å². The minimum Gasteiger partial charge on any atom is -0.350 e. The normalized spacial score (nSPS) is 18.3. The van der Waals surface area contributed by atoms with Crippen molar-refractivity contribution < 1.29 is 4.79 Å². The molecule has 2 aromatic rings. The largest absolute Gasteiger partial charge is 0.350 e. The van der Waals surface area contributed by atoms with Crippen molar-refractivity contribution in [2.75, 3.05) is 26.2 Å². The number of amides is 1. The highest BCUT2D eigenvalue weighted by Gasteiger charge is 2.22. The lowest BCUT2D eigenvalue weighted by molar-refractivity contribution is 0.0942. The van der Waals surface area contributed by atoms with Gasteiger partial charge in [-0.15, -0.1) is 0 Å². The van der Waals surface area contributed by atoms with E-state index in [1.54, 1.807) is 6.33 Å². The molecule has 1 atom stereocenters. The Morgan fingerprint density at radius 2 is 2.25 bits per heavy atom. The summed E-state index contributed by atoms with van der Waals surface area (Å²) in [4.78, 5) is 21.5. The quantitative estimate of drug-likeness (QED) is 0.858. The van der Waals surface area contributed by atoms with E-state index in [0.717, 1.165) is 31.7 Å². The van der Waals surface area contributed by atoms with Crippen molar-refractivity contribution in [2.45, 2.75) is 13.3 Å². The Bertz CT molecular complexity index is 692. The van der Waals surface area contributed by atoms with Crippen molar-refractivity contribution in [3.63, 3.8) is 0 Å². The zero-order valence-electron chi connectivity index (χ0n) is 14.0. The predicted octanol–water partition coefficient (Wildman–Crippen LogP) is 2.48. The first-order valence-corrected chi connectivity index (χ1v) is 8.44. The van der Waals surface area contributed by atoms with Crippen molar-refractivity contribution in [1.29, 1.82) is 0 Å². The zero-order chi connectivity index (χ0) is 16.8. The maximum absolute atomic E-state index is 12.1. The van der Waals surface area contributed by atoms with Gasteiger partial charge in [0.15, 0.2) is 0 Å². The van der Waals surface area contributed by atoms with Gasteiger partial charge in [-0.2, -0.15) is 0 Å². The second kappa shape index (κ2) is 7.93. The maximum atomic E-state index is 12.1. The van der Waals surface area contributed by atoms with E-state index in [1.807, 2.05) is 13.0 Å². The number of aryl methyl sites for hydroxylation is 1. The van der Waals surface area contributed by atoms with Crippen LogP contribution in [-0.2, 0) is 0 Å². The molecule has 3 rings (SSSR count). The van der Waals surface area contributed by atoms with E-state index in [2.05, 4.69) is 56.6 Å². The molecular weight excluding hydrogens is 300 g/mol. The van der Waals surface area contributed by atoms with Crippen molar-refractivity contribution in [2.24, 2.45) is 5.92 Å². The maximum Gasteiger partial charge on any atom is 0.271 e. The molecule has 2 heterocycles. The number of rotatable bonds is 6. The average Bonchev–Trinajstić information content (AvgIpc) is 3.23. The Kier molecular flexibility index (Phi) is 5.43. The number of H-pyrrole nitrogens is 1. The molecule has 1 aromatic carbocycles. The summed E-state index contributed by atoms with van der Waals surface area (Å²) < 4.78 is 0. The molecule has 1 amide bonds. The lowest BCUT2D eigenvalue weighted by Crippen LogP contribution is -2.31. The molecule has 1 aliphatic rings. The summed E-state index contributed by atoms with van der Waals surface area (Å²) in [6.07, 6.45) is 7.05. The highest BCUT2D eigenvalue weighted by molar-refractivity contribution is 5.93. The average molecular weight is 324 g/mol. The standard InChI is InChI=1S/C19H24N4O/c1-15-18(22-14-21-15)19(24)20-12-17-9-11-23(13-17)10-5-8-16-6-3-2-4-7-16/h2-8,14,17H,9-13H2,1H3,(H,20,24)(H,21,22)/b8-5+. The molecule has 5 heteroatoms. The van der Waals surface area contributed by atoms with Gasteiger partial charge in [0.05, 0.1) is 6.33 Å². The van der Waals surface area contributed by atoms with Crippen molar-refractivity contribution in [3.8, 4) is 0 Å². The summed E-state index contributed by atoms with van der Waals surface area (Å²) >= 11 is 0. The Balaban J connectivity index is 1.40. The highest BCUT2D eigenvalue weighted by Crippen LogP contribution is 2.15. The first kappa shape index (κ1) is 16.5. The van der Waals surface area contributed by atoms with Crippen LogP contribution in [-0.4, -0.2) is 47.0 Å². The molecule has 0 bridgehead atoms. The van der Waals surface area contributed by atoms with Crippen molar-refractivity contribution in [1.82, 2.24) is 20.2 Å². The van der Waals surface area contributed by atoms with Crippen molar-refractivity contribution in [3.05, 3.63) is 59.7 Å². The van der Waals surface area contributed by atoms with Crippen LogP contribution in [0.1, 0.15) is 28.2 Å². The molecule has 1 fully saturated rings. The number of imidazole rings is 1. The second-order valence-electron chi connectivity index (χ2n) is 6.31. The van der Waals surface area contributed by atoms with Gasteiger partial charge in [0.25, 0.3) is 5.91 Å². The number of carbonyl (C=O) groups excluding carboxylic acids is 1. The lowest BCUT2D eigenvalue weighted by Gasteiger charge is -2.14. The van der Waals surface area contributed by atoms with E-state index >= 15 is 0 Å². The minimum atomic E-state index is -0.0869. The summed E-state index contributed by atoms with van der Waals surface area (Å²) in [5.74, 6) is 0.425. The highest BCUT2D eigenvalue weighted by atomic mass is 16.1. The number of nitrogens with zero attached hydrogens (tertiary/aromatic N) is 2. The Morgan fingerprint density at radius 1 is 1.42 bits per heavy atom. The van der Waals surface area contributed by atoms with E-state index in [9.17, 15) is 4.79 Å². The summed E-state index contributed by atoms with van der Waals surface area (Å²) in [6, 6.07) is 10.3. The third-order valence-electron chi connectivity index (χ3n) is 4.44. The number of aromatic nitrogens is 2. The molecule has 0 aliphatic carbocycles. The number of hydrogen-bond acceptors (Lipinski definition) is 3. The molecule has 1 unspecified atom stereocenters. The molecule has 0 radical (unpaired) electrons. The Morgan fingerprint density at radius 3 is 3.00 bits per heavy atom. The van der Waals surface area contributed by atoms with Crippen LogP contribution in [0.3, 0.4) is 0 Å². The Hall–Kier alpha value is -2.40. The summed E-state index contributed by atoms with van der Waals surface area (Å²) in [7, 11) is 0. The van der Waals surface area contributed by atoms with Crippen LogP contribution in [0.25, 0.3) is 6.08 Å². The number of likely N-dealkylation sites (tertiary alicyclic amines) is 1. The number of nitrogens with one attached hydrogen (secondary N) is 2. The molecule has 0 spiro atoms. The van der Waals surface area contributed by atoms with Gasteiger partial charge in [-0.1, -0.05) is 42.5 Å². The van der Waals surface area contributed by atoms with Crippen LogP contribution in [0.4, 0.5) is 0 Å². The van der Waals surface area contributed by atoms with Gasteiger partial charge < -0.3 is 10.3 Å². The first-order chi connectivity index (χ1) is 11.7. The number of hydrogen-bond donors (Lipinski definition) is 2. The van der Waals surface area contributed by atoms with E-state index in [0.29, 0.717) is 18.2 Å². The van der Waals surface area contributed by atoms with E-state index in [-0.39, 0.29) is 5.91 Å². The first-order valence-electron chi connectivity index (χ1n) is 8.44. The van der Waals surface area contributed by atoms with Crippen LogP contribution in [0, 0.1) is 12.8 Å². The third kappa shape index (κ3) is 4.32. The fourth-order valence-corrected chi connectivity index (χ4v) is 3.06.